The summed E-state index contributed by atoms with van der Waals surface area (Å²) in [5.41, 5.74) is 3.07. The van der Waals surface area contributed by atoms with Gasteiger partial charge < -0.3 is 39.2 Å². The van der Waals surface area contributed by atoms with E-state index in [1.54, 1.807) is 14.2 Å². The first-order valence-corrected chi connectivity index (χ1v) is 13.5. The van der Waals surface area contributed by atoms with Gasteiger partial charge in [-0.3, -0.25) is 9.80 Å². The molecule has 3 heterocycles. The lowest BCUT2D eigenvalue weighted by Crippen LogP contribution is -2.45. The van der Waals surface area contributed by atoms with Crippen molar-refractivity contribution in [3.63, 3.8) is 0 Å². The third kappa shape index (κ3) is 11.1. The fourth-order valence-corrected chi connectivity index (χ4v) is 4.19. The van der Waals surface area contributed by atoms with Crippen molar-refractivity contribution in [1.29, 1.82) is 0 Å². The maximum Gasteiger partial charge on any atom is 0.414 e. The summed E-state index contributed by atoms with van der Waals surface area (Å²) < 4.78 is 18.7. The van der Waals surface area contributed by atoms with E-state index in [0.29, 0.717) is 6.61 Å². The number of aliphatic carboxylic acids is 4. The normalized spacial score (nSPS) is 13.2. The summed E-state index contributed by atoms with van der Waals surface area (Å²) in [4.78, 5) is 50.8. The van der Waals surface area contributed by atoms with E-state index in [1.807, 2.05) is 37.4 Å². The fraction of sp³-hybridized carbons (Fsp3) is 0.429. The number of pyridine rings is 1. The maximum atomic E-state index is 9.10. The molecule has 4 N–H and O–H groups in total. The summed E-state index contributed by atoms with van der Waals surface area (Å²) in [5, 5.41) is 29.6. The highest BCUT2D eigenvalue weighted by atomic mass is 16.5. The van der Waals surface area contributed by atoms with Gasteiger partial charge in [0.15, 0.2) is 5.65 Å². The van der Waals surface area contributed by atoms with Gasteiger partial charge in [-0.05, 0) is 25.1 Å². The highest BCUT2D eigenvalue weighted by Gasteiger charge is 2.21. The molecule has 0 unspecified atom stereocenters. The van der Waals surface area contributed by atoms with E-state index in [2.05, 4.69) is 25.4 Å². The molecule has 16 nitrogen and oxygen atoms in total. The lowest BCUT2D eigenvalue weighted by atomic mass is 10.1. The molecule has 0 saturated carbocycles. The molecule has 0 spiro atoms. The second-order valence-electron chi connectivity index (χ2n) is 9.17. The first kappa shape index (κ1) is 35.4. The first-order chi connectivity index (χ1) is 21.0. The zero-order valence-electron chi connectivity index (χ0n) is 24.7. The van der Waals surface area contributed by atoms with Crippen molar-refractivity contribution in [2.75, 3.05) is 53.6 Å². The van der Waals surface area contributed by atoms with Crippen molar-refractivity contribution >= 4 is 35.0 Å². The Kier molecular flexibility index (Phi) is 14.5. The number of imidazole rings is 1. The number of carboxylic acids is 4. The average Bonchev–Trinajstić information content (AvgIpc) is 3.35. The Morgan fingerprint density at radius 3 is 1.95 bits per heavy atom. The molecule has 16 heteroatoms. The Morgan fingerprint density at radius 2 is 1.43 bits per heavy atom. The monoisotopic (exact) mass is 619 g/mol. The number of hydrogen-bond donors (Lipinski definition) is 4. The fourth-order valence-electron chi connectivity index (χ4n) is 4.19. The van der Waals surface area contributed by atoms with Crippen LogP contribution in [0.25, 0.3) is 11.2 Å². The van der Waals surface area contributed by atoms with Crippen LogP contribution in [0.3, 0.4) is 0 Å². The maximum absolute atomic E-state index is 9.10. The number of rotatable bonds is 10. The number of benzene rings is 1. The summed E-state index contributed by atoms with van der Waals surface area (Å²) in [5.74, 6) is -4.54. The quantitative estimate of drug-likeness (QED) is 0.185. The van der Waals surface area contributed by atoms with Gasteiger partial charge in [-0.15, -0.1) is 0 Å². The van der Waals surface area contributed by atoms with Gasteiger partial charge in [0.2, 0.25) is 0 Å². The molecular formula is C28H37N5O11. The van der Waals surface area contributed by atoms with Crippen LogP contribution in [0.5, 0.6) is 11.5 Å². The molecule has 0 aliphatic carbocycles. The molecule has 240 valence electrons. The number of fused-ring (bicyclic) bond motifs is 1. The van der Waals surface area contributed by atoms with Crippen LogP contribution in [0, 0.1) is 0 Å². The number of nitrogens with zero attached hydrogens (tertiary/aromatic N) is 5. The number of hydrogen-bond acceptors (Lipinski definition) is 11. The molecule has 1 aliphatic rings. The van der Waals surface area contributed by atoms with Gasteiger partial charge in [-0.1, -0.05) is 6.07 Å². The van der Waals surface area contributed by atoms with E-state index in [9.17, 15) is 0 Å². The Hall–Kier alpha value is -4.80. The van der Waals surface area contributed by atoms with Gasteiger partial charge in [0, 0.05) is 63.7 Å². The zero-order valence-corrected chi connectivity index (χ0v) is 24.7. The molecule has 0 amide bonds. The van der Waals surface area contributed by atoms with Gasteiger partial charge in [0.25, 0.3) is 0 Å². The van der Waals surface area contributed by atoms with Crippen molar-refractivity contribution in [1.82, 2.24) is 24.3 Å². The van der Waals surface area contributed by atoms with Crippen LogP contribution in [0.4, 0.5) is 0 Å². The molecule has 1 aliphatic heterocycles. The van der Waals surface area contributed by atoms with Gasteiger partial charge in [-0.25, -0.2) is 29.1 Å². The molecule has 1 aromatic carbocycles. The van der Waals surface area contributed by atoms with Gasteiger partial charge in [0.05, 0.1) is 27.4 Å². The predicted molar refractivity (Wildman–Crippen MR) is 155 cm³/mol. The molecule has 2 aromatic heterocycles. The molecule has 0 bridgehead atoms. The number of carboxylic acid groups (broad SMARTS) is 4. The van der Waals surface area contributed by atoms with Crippen LogP contribution in [-0.4, -0.2) is 122 Å². The Morgan fingerprint density at radius 1 is 0.841 bits per heavy atom. The van der Waals surface area contributed by atoms with Crippen molar-refractivity contribution in [2.24, 2.45) is 0 Å². The predicted octanol–water partition coefficient (Wildman–Crippen LogP) is 1.11. The minimum Gasteiger partial charge on any atom is -0.497 e. The average molecular weight is 620 g/mol. The van der Waals surface area contributed by atoms with Gasteiger partial charge in [0.1, 0.15) is 22.8 Å². The van der Waals surface area contributed by atoms with E-state index >= 15 is 0 Å². The zero-order chi connectivity index (χ0) is 32.6. The number of aromatic nitrogens is 3. The Balaban J connectivity index is 0.000000477. The van der Waals surface area contributed by atoms with Crippen molar-refractivity contribution < 1.29 is 53.8 Å². The molecule has 44 heavy (non-hydrogen) atoms. The van der Waals surface area contributed by atoms with Crippen molar-refractivity contribution in [3.8, 4) is 11.5 Å². The number of carbonyl (C=O) groups is 4. The summed E-state index contributed by atoms with van der Waals surface area (Å²) in [6.45, 7) is 9.89. The minimum atomic E-state index is -1.82. The van der Waals surface area contributed by atoms with E-state index in [-0.39, 0.29) is 0 Å². The highest BCUT2D eigenvalue weighted by Crippen LogP contribution is 2.26. The van der Waals surface area contributed by atoms with Crippen LogP contribution < -0.4 is 9.47 Å². The van der Waals surface area contributed by atoms with E-state index in [4.69, 9.17) is 58.8 Å². The second kappa shape index (κ2) is 18.0. The van der Waals surface area contributed by atoms with E-state index < -0.39 is 23.9 Å². The van der Waals surface area contributed by atoms with Gasteiger partial charge in [-0.2, -0.15) is 0 Å². The largest absolute Gasteiger partial charge is 0.497 e. The van der Waals surface area contributed by atoms with E-state index in [1.165, 1.54) is 5.56 Å². The smallest absolute Gasteiger partial charge is 0.414 e. The highest BCUT2D eigenvalue weighted by molar-refractivity contribution is 6.27. The van der Waals surface area contributed by atoms with Gasteiger partial charge >= 0.3 is 23.9 Å². The summed E-state index contributed by atoms with van der Waals surface area (Å²) in [6.07, 6.45) is 1.83. The molecule has 1 fully saturated rings. The SMILES string of the molecule is CCOCCn1c(CN2CCN(Cc3ccc(OC)cc3OC)CC2)nc2cccnc21.O=C(O)C(=O)O.O=C(O)C(=O)O. The number of piperazine rings is 1. The molecule has 1 saturated heterocycles. The van der Waals surface area contributed by atoms with E-state index in [0.717, 1.165) is 80.9 Å². The van der Waals surface area contributed by atoms with Crippen LogP contribution in [-0.2, 0) is 43.5 Å². The molecule has 0 atom stereocenters. The Bertz CT molecular complexity index is 1360. The summed E-state index contributed by atoms with van der Waals surface area (Å²) in [7, 11) is 3.39. The van der Waals surface area contributed by atoms with Crippen molar-refractivity contribution in [2.45, 2.75) is 26.6 Å². The molecule has 3 aromatic rings. The summed E-state index contributed by atoms with van der Waals surface area (Å²) in [6, 6.07) is 10.0. The Labute approximate surface area is 253 Å². The van der Waals surface area contributed by atoms with Crippen LogP contribution in [0.2, 0.25) is 0 Å². The van der Waals surface area contributed by atoms with Crippen molar-refractivity contribution in [3.05, 3.63) is 47.9 Å². The summed E-state index contributed by atoms with van der Waals surface area (Å²) >= 11 is 0. The third-order valence-electron chi connectivity index (χ3n) is 6.33. The second-order valence-corrected chi connectivity index (χ2v) is 9.17. The molecular weight excluding hydrogens is 582 g/mol. The topological polar surface area (TPSA) is 214 Å². The van der Waals surface area contributed by atoms with Crippen LogP contribution >= 0.6 is 0 Å². The number of methoxy groups -OCH3 is 2. The standard InChI is InChI=1S/C24H33N5O3.2C2H2O4/c1-4-32-15-14-29-23(26-21-6-5-9-25-24(21)29)18-28-12-10-27(11-13-28)17-19-7-8-20(30-2)16-22(19)31-3;2*3-1(4)2(5)6/h5-9,16H,4,10-15,17-18H2,1-3H3;2*(H,3,4)(H,5,6). The van der Waals surface area contributed by atoms with Crippen LogP contribution in [0.1, 0.15) is 18.3 Å². The lowest BCUT2D eigenvalue weighted by molar-refractivity contribution is -0.159. The molecule has 0 radical (unpaired) electrons. The minimum absolute atomic E-state index is 0.670. The van der Waals surface area contributed by atoms with Crippen LogP contribution in [0.15, 0.2) is 36.5 Å². The lowest BCUT2D eigenvalue weighted by Gasteiger charge is -2.34. The number of ether oxygens (including phenoxy) is 3. The first-order valence-electron chi connectivity index (χ1n) is 13.5. The molecule has 4 rings (SSSR count). The third-order valence-corrected chi connectivity index (χ3v) is 6.33.